The Balaban J connectivity index is 0.841. The van der Waals surface area contributed by atoms with Crippen molar-refractivity contribution < 1.29 is 32.3 Å². The highest BCUT2D eigenvalue weighted by Gasteiger charge is 2.32. The van der Waals surface area contributed by atoms with E-state index in [2.05, 4.69) is 51.6 Å². The van der Waals surface area contributed by atoms with Gasteiger partial charge in [0.05, 0.1) is 34.8 Å². The molecule has 2 atom stereocenters. The Kier molecular flexibility index (Phi) is 13.2. The number of anilines is 1. The lowest BCUT2D eigenvalue weighted by atomic mass is 9.96. The third-order valence-corrected chi connectivity index (χ3v) is 12.8. The normalized spacial score (nSPS) is 18.6. The molecular weight excluding hydrogens is 872 g/mol. The number of carbonyl (C=O) groups excluding carboxylic acids is 4. The van der Waals surface area contributed by atoms with Gasteiger partial charge in [-0.25, -0.2) is 29.3 Å². The molecule has 2 fully saturated rings. The highest BCUT2D eigenvalue weighted by molar-refractivity contribution is 9.10. The lowest BCUT2D eigenvalue weighted by molar-refractivity contribution is -0.121. The molecule has 4 aromatic rings. The van der Waals surface area contributed by atoms with E-state index in [1.165, 1.54) is 40.5 Å². The van der Waals surface area contributed by atoms with E-state index in [0.29, 0.717) is 73.2 Å². The number of piperidine rings is 2. The van der Waals surface area contributed by atoms with Crippen molar-refractivity contribution >= 4 is 78.3 Å². The molecule has 2 aromatic carbocycles. The average Bonchev–Trinajstić information content (AvgIpc) is 3.62. The van der Waals surface area contributed by atoms with Crippen LogP contribution in [-0.2, 0) is 39.1 Å². The van der Waals surface area contributed by atoms with Crippen molar-refractivity contribution in [1.82, 2.24) is 44.5 Å². The van der Waals surface area contributed by atoms with Gasteiger partial charge in [0.1, 0.15) is 6.10 Å². The van der Waals surface area contributed by atoms with Crippen LogP contribution in [0, 0.1) is 5.92 Å². The quantitative estimate of drug-likeness (QED) is 0.138. The number of fused-ring (bicyclic) bond motifs is 2. The Morgan fingerprint density at radius 1 is 1.00 bits per heavy atom. The number of nitrogens with one attached hydrogen (secondary N) is 5. The van der Waals surface area contributed by atoms with Gasteiger partial charge in [-0.1, -0.05) is 35.9 Å². The predicted molar refractivity (Wildman–Crippen MR) is 220 cm³/mol. The van der Waals surface area contributed by atoms with Crippen molar-refractivity contribution in [1.29, 1.82) is 0 Å². The molecule has 0 spiro atoms. The summed E-state index contributed by atoms with van der Waals surface area (Å²) in [7, 11) is -4.31. The number of carbonyl (C=O) groups is 4. The summed E-state index contributed by atoms with van der Waals surface area (Å²) < 4.78 is 37.2. The monoisotopic (exact) mass is 912 g/mol. The van der Waals surface area contributed by atoms with E-state index in [1.807, 2.05) is 29.0 Å². The molecule has 3 aliphatic rings. The van der Waals surface area contributed by atoms with E-state index in [0.717, 1.165) is 0 Å². The van der Waals surface area contributed by atoms with Gasteiger partial charge in [0.25, 0.3) is 11.5 Å². The summed E-state index contributed by atoms with van der Waals surface area (Å²) in [6.07, 6.45) is 5.32. The SMILES string of the molecule is O=C(C[C@@H]1NCCC[C@H]1OC(=O)NS(=O)(=O)NCC1CCN(C(=O)Nc2nccnc2C(=O)NC2Cc3ccccc3C2)CC1)Cn1cnc2cc(Br)c(Cl)cc2c1=O. The molecule has 4 amide bonds. The lowest BCUT2D eigenvalue weighted by Crippen LogP contribution is -2.51. The first-order valence-corrected chi connectivity index (χ1v) is 21.8. The van der Waals surface area contributed by atoms with E-state index in [1.54, 1.807) is 11.0 Å². The molecule has 2 aromatic heterocycles. The van der Waals surface area contributed by atoms with Gasteiger partial charge in [-0.2, -0.15) is 13.1 Å². The van der Waals surface area contributed by atoms with Gasteiger partial charge in [-0.3, -0.25) is 24.3 Å². The van der Waals surface area contributed by atoms with Crippen LogP contribution >= 0.6 is 27.5 Å². The maximum absolute atomic E-state index is 13.2. The van der Waals surface area contributed by atoms with Crippen molar-refractivity contribution in [3.8, 4) is 0 Å². The molecule has 0 saturated carbocycles. The van der Waals surface area contributed by atoms with Crippen LogP contribution in [0.4, 0.5) is 15.4 Å². The van der Waals surface area contributed by atoms with Gasteiger partial charge in [0.2, 0.25) is 0 Å². The van der Waals surface area contributed by atoms with Gasteiger partial charge in [-0.05, 0) is 90.2 Å². The Labute approximate surface area is 352 Å². The second-order valence-corrected chi connectivity index (χ2v) is 17.5. The minimum absolute atomic E-state index is 0.00360. The van der Waals surface area contributed by atoms with E-state index < -0.39 is 45.9 Å². The van der Waals surface area contributed by atoms with Gasteiger partial charge in [0, 0.05) is 49.0 Å². The number of amides is 4. The molecule has 18 nitrogen and oxygen atoms in total. The number of Topliss-reactive ketones (excluding diaryl/α,β-unsaturated/α-hetero) is 1. The molecular formula is C38H42BrClN10O8S. The van der Waals surface area contributed by atoms with Gasteiger partial charge in [-0.15, -0.1) is 0 Å². The molecule has 0 radical (unpaired) electrons. The van der Waals surface area contributed by atoms with Crippen LogP contribution in [0.5, 0.6) is 0 Å². The van der Waals surface area contributed by atoms with Crippen LogP contribution in [0.1, 0.15) is 53.7 Å². The summed E-state index contributed by atoms with van der Waals surface area (Å²) in [5, 5.41) is 9.44. The van der Waals surface area contributed by atoms with Crippen molar-refractivity contribution in [3.05, 3.63) is 91.8 Å². The van der Waals surface area contributed by atoms with Gasteiger partial charge in [0.15, 0.2) is 17.3 Å². The zero-order valence-electron chi connectivity index (χ0n) is 31.7. The fourth-order valence-corrected chi connectivity index (χ4v) is 8.89. The molecule has 0 unspecified atom stereocenters. The molecule has 7 rings (SSSR count). The van der Waals surface area contributed by atoms with Crippen LogP contribution < -0.4 is 31.0 Å². The highest BCUT2D eigenvalue weighted by Crippen LogP contribution is 2.26. The van der Waals surface area contributed by atoms with Crippen LogP contribution in [-0.4, -0.2) is 101 Å². The second-order valence-electron chi connectivity index (χ2n) is 14.8. The number of nitrogens with zero attached hydrogens (tertiary/aromatic N) is 5. The topological polar surface area (TPSA) is 236 Å². The average molecular weight is 914 g/mol. The molecule has 312 valence electrons. The zero-order valence-corrected chi connectivity index (χ0v) is 34.8. The maximum atomic E-state index is 13.2. The number of hydrogen-bond donors (Lipinski definition) is 5. The predicted octanol–water partition coefficient (Wildman–Crippen LogP) is 3.08. The number of rotatable bonds is 12. The van der Waals surface area contributed by atoms with E-state index in [9.17, 15) is 32.4 Å². The molecule has 5 N–H and O–H groups in total. The molecule has 2 aliphatic heterocycles. The van der Waals surface area contributed by atoms with Crippen molar-refractivity contribution in [2.24, 2.45) is 5.92 Å². The number of benzene rings is 2. The van der Waals surface area contributed by atoms with Crippen LogP contribution in [0.2, 0.25) is 5.02 Å². The first-order chi connectivity index (χ1) is 28.3. The Morgan fingerprint density at radius 2 is 1.73 bits per heavy atom. The van der Waals surface area contributed by atoms with Crippen molar-refractivity contribution in [2.45, 2.75) is 69.7 Å². The first-order valence-electron chi connectivity index (χ1n) is 19.1. The summed E-state index contributed by atoms with van der Waals surface area (Å²) in [5.74, 6) is -0.863. The molecule has 4 heterocycles. The van der Waals surface area contributed by atoms with E-state index in [4.69, 9.17) is 16.3 Å². The fraction of sp³-hybridized carbons (Fsp3) is 0.421. The molecule has 2 saturated heterocycles. The number of aromatic nitrogens is 4. The summed E-state index contributed by atoms with van der Waals surface area (Å²) in [6, 6.07) is 9.93. The summed E-state index contributed by atoms with van der Waals surface area (Å²) >= 11 is 9.46. The Hall–Kier alpha value is -5.02. The van der Waals surface area contributed by atoms with Gasteiger partial charge < -0.3 is 20.3 Å². The van der Waals surface area contributed by atoms with Crippen LogP contribution in [0.25, 0.3) is 10.9 Å². The molecule has 0 bridgehead atoms. The summed E-state index contributed by atoms with van der Waals surface area (Å²) in [5.41, 5.74) is 2.35. The standard InChI is InChI=1S/C38H42BrClN10O8S/c39-28-18-30-27(17-29(28)40)36(53)50(21-44-30)20-26(51)16-31-32(6-3-9-41-31)58-38(55)48-59(56,57)45-19-22-7-12-49(13-8-22)37(54)47-34-33(42-10-11-43-34)35(52)46-25-14-23-4-1-2-5-24(23)15-25/h1-2,4-5,10-11,17-18,21-22,25,31-32,41,45H,3,6-9,12-16,19-20H2,(H,46,52)(H,48,55)(H,43,47,54)/t31-,32+/m0/s1. The fourth-order valence-electron chi connectivity index (χ4n) is 7.60. The smallest absolute Gasteiger partial charge is 0.422 e. The van der Waals surface area contributed by atoms with E-state index in [-0.39, 0.29) is 54.2 Å². The Bertz CT molecular complexity index is 2410. The third-order valence-electron chi connectivity index (χ3n) is 10.6. The molecule has 1 aliphatic carbocycles. The number of ketones is 1. The highest BCUT2D eigenvalue weighted by atomic mass is 79.9. The van der Waals surface area contributed by atoms with Crippen LogP contribution in [0.15, 0.2) is 64.4 Å². The minimum Gasteiger partial charge on any atom is -0.444 e. The number of hydrogen-bond acceptors (Lipinski definition) is 12. The number of urea groups is 1. The Morgan fingerprint density at radius 3 is 2.47 bits per heavy atom. The number of ether oxygens (including phenoxy) is 1. The van der Waals surface area contributed by atoms with Crippen molar-refractivity contribution in [3.63, 3.8) is 0 Å². The van der Waals surface area contributed by atoms with Crippen molar-refractivity contribution in [2.75, 3.05) is 31.5 Å². The largest absolute Gasteiger partial charge is 0.444 e. The first kappa shape index (κ1) is 42.1. The summed E-state index contributed by atoms with van der Waals surface area (Å²) in [4.78, 5) is 79.4. The van der Waals surface area contributed by atoms with Gasteiger partial charge >= 0.3 is 22.3 Å². The number of likely N-dealkylation sites (tertiary alicyclic amines) is 1. The minimum atomic E-state index is -4.31. The second kappa shape index (κ2) is 18.5. The maximum Gasteiger partial charge on any atom is 0.422 e. The molecule has 21 heteroatoms. The van der Waals surface area contributed by atoms with Crippen LogP contribution in [0.3, 0.4) is 0 Å². The lowest BCUT2D eigenvalue weighted by Gasteiger charge is -2.32. The molecule has 59 heavy (non-hydrogen) atoms. The number of halogens is 2. The van der Waals surface area contributed by atoms with E-state index >= 15 is 0 Å². The third kappa shape index (κ3) is 10.6. The summed E-state index contributed by atoms with van der Waals surface area (Å²) in [6.45, 7) is 0.907. The zero-order chi connectivity index (χ0) is 41.7.